The molecule has 0 spiro atoms. The molecule has 2 rings (SSSR count). The fourth-order valence-electron chi connectivity index (χ4n) is 2.05. The second-order valence-corrected chi connectivity index (χ2v) is 5.38. The van der Waals surface area contributed by atoms with E-state index >= 15 is 0 Å². The minimum atomic E-state index is -1.11. The van der Waals surface area contributed by atoms with Gasteiger partial charge in [0.15, 0.2) is 0 Å². The maximum Gasteiger partial charge on any atom is 0.306 e. The summed E-state index contributed by atoms with van der Waals surface area (Å²) in [6.45, 7) is 2.85. The van der Waals surface area contributed by atoms with Gasteiger partial charge in [0, 0.05) is 17.1 Å². The molecular formula is C12H12BrFN2O4. The number of amides is 1. The Balaban J connectivity index is 2.41. The molecule has 1 atom stereocenters. The van der Waals surface area contributed by atoms with E-state index in [0.717, 1.165) is 6.07 Å². The molecule has 1 heterocycles. The first kappa shape index (κ1) is 14.9. The van der Waals surface area contributed by atoms with Crippen LogP contribution in [0.4, 0.5) is 10.1 Å². The van der Waals surface area contributed by atoms with Crippen molar-refractivity contribution in [1.29, 1.82) is 0 Å². The lowest BCUT2D eigenvalue weighted by molar-refractivity contribution is -0.387. The highest BCUT2D eigenvalue weighted by Crippen LogP contribution is 2.27. The molecule has 0 N–H and O–H groups in total. The Hall–Kier alpha value is -1.54. The zero-order valence-corrected chi connectivity index (χ0v) is 12.2. The van der Waals surface area contributed by atoms with E-state index in [1.54, 1.807) is 6.92 Å². The van der Waals surface area contributed by atoms with Crippen molar-refractivity contribution >= 4 is 27.5 Å². The monoisotopic (exact) mass is 346 g/mol. The average Bonchev–Trinajstić information content (AvgIpc) is 2.40. The van der Waals surface area contributed by atoms with Gasteiger partial charge >= 0.3 is 5.69 Å². The van der Waals surface area contributed by atoms with Crippen LogP contribution in [0.15, 0.2) is 16.6 Å². The number of nitro groups is 1. The number of ether oxygens (including phenoxy) is 1. The van der Waals surface area contributed by atoms with Crippen LogP contribution in [0, 0.1) is 15.9 Å². The van der Waals surface area contributed by atoms with Gasteiger partial charge in [-0.15, -0.1) is 0 Å². The Morgan fingerprint density at radius 3 is 2.90 bits per heavy atom. The summed E-state index contributed by atoms with van der Waals surface area (Å²) in [6.07, 6.45) is 0. The second kappa shape index (κ2) is 5.84. The Morgan fingerprint density at radius 2 is 2.30 bits per heavy atom. The third kappa shape index (κ3) is 2.80. The molecule has 1 amide bonds. The largest absolute Gasteiger partial charge is 0.377 e. The Morgan fingerprint density at radius 1 is 1.60 bits per heavy atom. The first-order valence-electron chi connectivity index (χ1n) is 5.94. The van der Waals surface area contributed by atoms with Crippen LogP contribution in [0.5, 0.6) is 0 Å². The maximum absolute atomic E-state index is 14.1. The molecule has 1 saturated heterocycles. The zero-order chi connectivity index (χ0) is 14.9. The van der Waals surface area contributed by atoms with Crippen molar-refractivity contribution in [2.24, 2.45) is 0 Å². The van der Waals surface area contributed by atoms with Crippen molar-refractivity contribution in [1.82, 2.24) is 4.90 Å². The SMILES string of the molecule is C[C@@H]1COCCN1C(=O)c1cc(Br)cc([N+](=O)[O-])c1F. The number of carbonyl (C=O) groups is 1. The van der Waals surface area contributed by atoms with Crippen LogP contribution in [0.3, 0.4) is 0 Å². The van der Waals surface area contributed by atoms with Gasteiger partial charge in [0.25, 0.3) is 5.91 Å². The predicted octanol–water partition coefficient (Wildman–Crippen LogP) is 2.36. The Labute approximate surface area is 122 Å². The highest BCUT2D eigenvalue weighted by Gasteiger charge is 2.30. The molecule has 8 heteroatoms. The zero-order valence-electron chi connectivity index (χ0n) is 10.6. The summed E-state index contributed by atoms with van der Waals surface area (Å²) in [7, 11) is 0. The molecule has 0 aromatic heterocycles. The first-order chi connectivity index (χ1) is 9.41. The number of carbonyl (C=O) groups excluding carboxylic acids is 1. The summed E-state index contributed by atoms with van der Waals surface area (Å²) >= 11 is 3.06. The molecule has 1 fully saturated rings. The summed E-state index contributed by atoms with van der Waals surface area (Å²) in [5.74, 6) is -1.68. The van der Waals surface area contributed by atoms with Gasteiger partial charge in [-0.25, -0.2) is 0 Å². The van der Waals surface area contributed by atoms with Crippen molar-refractivity contribution in [2.75, 3.05) is 19.8 Å². The van der Waals surface area contributed by atoms with Crippen molar-refractivity contribution in [3.8, 4) is 0 Å². The van der Waals surface area contributed by atoms with Crippen LogP contribution in [0.25, 0.3) is 0 Å². The van der Waals surface area contributed by atoms with E-state index in [9.17, 15) is 19.3 Å². The summed E-state index contributed by atoms with van der Waals surface area (Å²) < 4.78 is 19.6. The lowest BCUT2D eigenvalue weighted by Gasteiger charge is -2.33. The normalized spacial score (nSPS) is 18.9. The van der Waals surface area contributed by atoms with Crippen LogP contribution < -0.4 is 0 Å². The van der Waals surface area contributed by atoms with Crippen LogP contribution in [0.1, 0.15) is 17.3 Å². The molecule has 20 heavy (non-hydrogen) atoms. The van der Waals surface area contributed by atoms with E-state index in [-0.39, 0.29) is 16.1 Å². The van der Waals surface area contributed by atoms with E-state index in [1.807, 2.05) is 0 Å². The smallest absolute Gasteiger partial charge is 0.306 e. The molecule has 6 nitrogen and oxygen atoms in total. The molecule has 0 radical (unpaired) electrons. The van der Waals surface area contributed by atoms with Gasteiger partial charge in [-0.1, -0.05) is 15.9 Å². The molecule has 1 aliphatic heterocycles. The summed E-state index contributed by atoms with van der Waals surface area (Å²) in [6, 6.07) is 2.09. The molecular weight excluding hydrogens is 335 g/mol. The third-order valence-electron chi connectivity index (χ3n) is 3.07. The topological polar surface area (TPSA) is 72.7 Å². The average molecular weight is 347 g/mol. The van der Waals surface area contributed by atoms with Gasteiger partial charge in [-0.3, -0.25) is 14.9 Å². The minimum Gasteiger partial charge on any atom is -0.377 e. The number of nitrogens with zero attached hydrogens (tertiary/aromatic N) is 2. The van der Waals surface area contributed by atoms with Crippen molar-refractivity contribution < 1.29 is 18.8 Å². The standard InChI is InChI=1S/C12H12BrFN2O4/c1-7-6-20-3-2-15(7)12(17)9-4-8(13)5-10(11(9)14)16(18)19/h4-5,7H,2-3,6H2,1H3/t7-/m1/s1. The Bertz CT molecular complexity index is 567. The predicted molar refractivity (Wildman–Crippen MR) is 72.1 cm³/mol. The van der Waals surface area contributed by atoms with Gasteiger partial charge in [0.1, 0.15) is 0 Å². The van der Waals surface area contributed by atoms with Gasteiger partial charge in [0.05, 0.1) is 29.7 Å². The molecule has 0 bridgehead atoms. The summed E-state index contributed by atoms with van der Waals surface area (Å²) in [4.78, 5) is 23.7. The third-order valence-corrected chi connectivity index (χ3v) is 3.53. The lowest BCUT2D eigenvalue weighted by Crippen LogP contribution is -2.47. The number of rotatable bonds is 2. The summed E-state index contributed by atoms with van der Waals surface area (Å²) in [5.41, 5.74) is -1.02. The van der Waals surface area contributed by atoms with E-state index in [0.29, 0.717) is 19.8 Å². The van der Waals surface area contributed by atoms with E-state index in [1.165, 1.54) is 11.0 Å². The minimum absolute atomic E-state index is 0.200. The number of nitro benzene ring substituents is 1. The quantitative estimate of drug-likeness (QED) is 0.608. The fourth-order valence-corrected chi connectivity index (χ4v) is 2.49. The van der Waals surface area contributed by atoms with Crippen LogP contribution in [0.2, 0.25) is 0 Å². The van der Waals surface area contributed by atoms with Crippen LogP contribution in [-0.4, -0.2) is 41.5 Å². The highest BCUT2D eigenvalue weighted by atomic mass is 79.9. The molecule has 0 saturated carbocycles. The van der Waals surface area contributed by atoms with Gasteiger partial charge in [-0.05, 0) is 13.0 Å². The maximum atomic E-state index is 14.1. The van der Waals surface area contributed by atoms with Crippen molar-refractivity contribution in [3.05, 3.63) is 38.1 Å². The molecule has 1 aromatic rings. The van der Waals surface area contributed by atoms with Crippen LogP contribution in [-0.2, 0) is 4.74 Å². The number of benzene rings is 1. The number of hydrogen-bond acceptors (Lipinski definition) is 4. The highest BCUT2D eigenvalue weighted by molar-refractivity contribution is 9.10. The second-order valence-electron chi connectivity index (χ2n) is 4.47. The lowest BCUT2D eigenvalue weighted by atomic mass is 10.1. The number of halogens is 2. The van der Waals surface area contributed by atoms with E-state index < -0.39 is 22.3 Å². The first-order valence-corrected chi connectivity index (χ1v) is 6.73. The molecule has 0 unspecified atom stereocenters. The summed E-state index contributed by atoms with van der Waals surface area (Å²) in [5, 5.41) is 10.8. The molecule has 0 aliphatic carbocycles. The molecule has 108 valence electrons. The number of morpholine rings is 1. The van der Waals surface area contributed by atoms with E-state index in [4.69, 9.17) is 4.74 Å². The van der Waals surface area contributed by atoms with Crippen LogP contribution >= 0.6 is 15.9 Å². The number of hydrogen-bond donors (Lipinski definition) is 0. The van der Waals surface area contributed by atoms with Gasteiger partial charge in [-0.2, -0.15) is 4.39 Å². The van der Waals surface area contributed by atoms with Gasteiger partial charge in [0.2, 0.25) is 5.82 Å². The van der Waals surface area contributed by atoms with Gasteiger partial charge < -0.3 is 9.64 Å². The fraction of sp³-hybridized carbons (Fsp3) is 0.417. The molecule has 1 aromatic carbocycles. The molecule has 1 aliphatic rings. The van der Waals surface area contributed by atoms with Crippen molar-refractivity contribution in [3.63, 3.8) is 0 Å². The van der Waals surface area contributed by atoms with Crippen molar-refractivity contribution in [2.45, 2.75) is 13.0 Å². The Kier molecular flexibility index (Phi) is 4.34. The van der Waals surface area contributed by atoms with E-state index in [2.05, 4.69) is 15.9 Å².